The molecule has 1 saturated carbocycles. The number of nitrogens with zero attached hydrogens (tertiary/aromatic N) is 1. The molecule has 152 valence electrons. The minimum atomic E-state index is -0.888. The molecular weight excluding hydrogens is 384 g/mol. The van der Waals surface area contributed by atoms with E-state index in [0.29, 0.717) is 5.13 Å². The standard InChI is InChI=1S/C23H26N2O3S/c1-3-4-5-14-6-8-15(9-7-14)20-13(2)29-23(24-20)25-21(26)18-16-10-11-17(12-16)19(18)22(27)28/h6-11,16-19H,3-5,12H2,1-2H3,(H,27,28)(H,24,25,26)/t16-,17+,18-,19+/m1/s1. The van der Waals surface area contributed by atoms with Crippen LogP contribution in [0.1, 0.15) is 36.6 Å². The lowest BCUT2D eigenvalue weighted by molar-refractivity contribution is -0.146. The molecule has 2 aliphatic rings. The van der Waals surface area contributed by atoms with Crippen LogP contribution in [0.25, 0.3) is 11.3 Å². The van der Waals surface area contributed by atoms with Crippen molar-refractivity contribution in [2.75, 3.05) is 5.32 Å². The van der Waals surface area contributed by atoms with E-state index in [1.54, 1.807) is 0 Å². The van der Waals surface area contributed by atoms with Crippen LogP contribution in [0.4, 0.5) is 5.13 Å². The van der Waals surface area contributed by atoms with Crippen molar-refractivity contribution in [2.45, 2.75) is 39.5 Å². The van der Waals surface area contributed by atoms with E-state index in [0.717, 1.165) is 29.0 Å². The van der Waals surface area contributed by atoms with Crippen LogP contribution >= 0.6 is 11.3 Å². The molecule has 1 fully saturated rings. The Balaban J connectivity index is 1.49. The van der Waals surface area contributed by atoms with Gasteiger partial charge in [0.25, 0.3) is 0 Å². The number of carbonyl (C=O) groups excluding carboxylic acids is 1. The maximum Gasteiger partial charge on any atom is 0.307 e. The van der Waals surface area contributed by atoms with E-state index in [-0.39, 0.29) is 17.7 Å². The predicted molar refractivity (Wildman–Crippen MR) is 115 cm³/mol. The molecule has 2 bridgehead atoms. The molecule has 0 aliphatic heterocycles. The van der Waals surface area contributed by atoms with Gasteiger partial charge in [-0.1, -0.05) is 49.8 Å². The number of aromatic nitrogens is 1. The highest BCUT2D eigenvalue weighted by Crippen LogP contribution is 2.48. The molecule has 5 nitrogen and oxygen atoms in total. The summed E-state index contributed by atoms with van der Waals surface area (Å²) in [6, 6.07) is 8.45. The molecule has 1 aromatic carbocycles. The van der Waals surface area contributed by atoms with Gasteiger partial charge in [0.1, 0.15) is 0 Å². The molecule has 0 unspecified atom stereocenters. The molecule has 4 rings (SSSR count). The second kappa shape index (κ2) is 8.11. The Morgan fingerprint density at radius 2 is 1.86 bits per heavy atom. The summed E-state index contributed by atoms with van der Waals surface area (Å²) in [5, 5.41) is 13.0. The molecule has 1 aromatic heterocycles. The van der Waals surface area contributed by atoms with Gasteiger partial charge in [-0.2, -0.15) is 0 Å². The molecule has 2 N–H and O–H groups in total. The van der Waals surface area contributed by atoms with Crippen molar-refractivity contribution in [3.8, 4) is 11.3 Å². The lowest BCUT2D eigenvalue weighted by Crippen LogP contribution is -2.36. The van der Waals surface area contributed by atoms with Crippen molar-refractivity contribution in [3.63, 3.8) is 0 Å². The smallest absolute Gasteiger partial charge is 0.307 e. The van der Waals surface area contributed by atoms with E-state index in [2.05, 4.69) is 41.5 Å². The Hall–Kier alpha value is -2.47. The lowest BCUT2D eigenvalue weighted by Gasteiger charge is -2.23. The van der Waals surface area contributed by atoms with Crippen LogP contribution in [0, 0.1) is 30.6 Å². The third kappa shape index (κ3) is 3.86. The van der Waals surface area contributed by atoms with Crippen molar-refractivity contribution < 1.29 is 14.7 Å². The maximum atomic E-state index is 12.9. The largest absolute Gasteiger partial charge is 0.481 e. The minimum Gasteiger partial charge on any atom is -0.481 e. The summed E-state index contributed by atoms with van der Waals surface area (Å²) in [6.07, 6.45) is 8.13. The molecule has 29 heavy (non-hydrogen) atoms. The number of hydrogen-bond donors (Lipinski definition) is 2. The second-order valence-electron chi connectivity index (χ2n) is 8.05. The number of carboxylic acids is 1. The summed E-state index contributed by atoms with van der Waals surface area (Å²) in [5.41, 5.74) is 3.22. The van der Waals surface area contributed by atoms with E-state index in [1.165, 1.54) is 29.7 Å². The number of carboxylic acid groups (broad SMARTS) is 1. The number of thiazole rings is 1. The molecule has 0 radical (unpaired) electrons. The Kier molecular flexibility index (Phi) is 5.54. The summed E-state index contributed by atoms with van der Waals surface area (Å²) < 4.78 is 0. The quantitative estimate of drug-likeness (QED) is 0.635. The van der Waals surface area contributed by atoms with Crippen molar-refractivity contribution >= 4 is 28.3 Å². The number of allylic oxidation sites excluding steroid dienone is 2. The number of anilines is 1. The summed E-state index contributed by atoms with van der Waals surface area (Å²) in [4.78, 5) is 30.2. The maximum absolute atomic E-state index is 12.9. The van der Waals surface area contributed by atoms with Gasteiger partial charge < -0.3 is 10.4 Å². The Bertz CT molecular complexity index is 948. The number of fused-ring (bicyclic) bond motifs is 2. The topological polar surface area (TPSA) is 79.3 Å². The fourth-order valence-electron chi connectivity index (χ4n) is 4.63. The fraction of sp³-hybridized carbons (Fsp3) is 0.435. The average Bonchev–Trinajstić information content (AvgIpc) is 3.41. The van der Waals surface area contributed by atoms with Crippen molar-refractivity contribution in [3.05, 3.63) is 46.9 Å². The van der Waals surface area contributed by atoms with Crippen LogP contribution in [0.15, 0.2) is 36.4 Å². The number of amides is 1. The van der Waals surface area contributed by atoms with Crippen LogP contribution in [0.2, 0.25) is 0 Å². The van der Waals surface area contributed by atoms with Gasteiger partial charge in [0.15, 0.2) is 5.13 Å². The first kappa shape index (κ1) is 19.8. The summed E-state index contributed by atoms with van der Waals surface area (Å²) in [5.74, 6) is -2.30. The molecule has 6 heteroatoms. The number of rotatable bonds is 7. The van der Waals surface area contributed by atoms with Gasteiger partial charge in [0.05, 0.1) is 17.5 Å². The van der Waals surface area contributed by atoms with Crippen LogP contribution in [0.5, 0.6) is 0 Å². The molecule has 0 spiro atoms. The Labute approximate surface area is 174 Å². The number of aliphatic carboxylic acids is 1. The molecule has 2 aliphatic carbocycles. The van der Waals surface area contributed by atoms with Crippen LogP contribution < -0.4 is 5.32 Å². The van der Waals surface area contributed by atoms with Crippen LogP contribution in [0.3, 0.4) is 0 Å². The van der Waals surface area contributed by atoms with E-state index in [4.69, 9.17) is 0 Å². The SMILES string of the molecule is CCCCc1ccc(-c2nc(NC(=O)[C@H]3[C@@H](C(=O)O)[C@H]4C=C[C@@H]3C4)sc2C)cc1. The van der Waals surface area contributed by atoms with Gasteiger partial charge in [-0.3, -0.25) is 9.59 Å². The first-order valence-corrected chi connectivity index (χ1v) is 11.1. The monoisotopic (exact) mass is 410 g/mol. The van der Waals surface area contributed by atoms with Crippen molar-refractivity contribution in [1.82, 2.24) is 4.98 Å². The molecule has 2 aromatic rings. The lowest BCUT2D eigenvalue weighted by atomic mass is 9.82. The molecule has 1 heterocycles. The third-order valence-electron chi connectivity index (χ3n) is 6.12. The zero-order valence-electron chi connectivity index (χ0n) is 16.7. The first-order chi connectivity index (χ1) is 14.0. The predicted octanol–water partition coefficient (Wildman–Crippen LogP) is 4.92. The van der Waals surface area contributed by atoms with Crippen molar-refractivity contribution in [1.29, 1.82) is 0 Å². The van der Waals surface area contributed by atoms with Gasteiger partial charge in [-0.25, -0.2) is 4.98 Å². The number of benzene rings is 1. The van der Waals surface area contributed by atoms with E-state index < -0.39 is 17.8 Å². The Morgan fingerprint density at radius 3 is 2.52 bits per heavy atom. The van der Waals surface area contributed by atoms with Gasteiger partial charge in [0.2, 0.25) is 5.91 Å². The van der Waals surface area contributed by atoms with E-state index in [1.807, 2.05) is 19.1 Å². The van der Waals surface area contributed by atoms with E-state index >= 15 is 0 Å². The van der Waals surface area contributed by atoms with Crippen LogP contribution in [-0.4, -0.2) is 22.0 Å². The normalized spacial score (nSPS) is 24.8. The second-order valence-corrected chi connectivity index (χ2v) is 9.25. The molecular formula is C23H26N2O3S. The number of aryl methyl sites for hydroxylation is 2. The Morgan fingerprint density at radius 1 is 1.17 bits per heavy atom. The highest BCUT2D eigenvalue weighted by Gasteiger charge is 2.51. The third-order valence-corrected chi connectivity index (χ3v) is 7.01. The zero-order chi connectivity index (χ0) is 20.5. The first-order valence-electron chi connectivity index (χ1n) is 10.3. The highest BCUT2D eigenvalue weighted by molar-refractivity contribution is 7.16. The van der Waals surface area contributed by atoms with Gasteiger partial charge in [-0.05, 0) is 43.6 Å². The summed E-state index contributed by atoms with van der Waals surface area (Å²) >= 11 is 1.44. The van der Waals surface area contributed by atoms with Gasteiger partial charge in [0, 0.05) is 10.4 Å². The zero-order valence-corrected chi connectivity index (χ0v) is 17.5. The van der Waals surface area contributed by atoms with E-state index in [9.17, 15) is 14.7 Å². The molecule has 0 saturated heterocycles. The van der Waals surface area contributed by atoms with Crippen LogP contribution in [-0.2, 0) is 16.0 Å². The van der Waals surface area contributed by atoms with Gasteiger partial charge in [-0.15, -0.1) is 11.3 Å². The number of nitrogens with one attached hydrogen (secondary N) is 1. The average molecular weight is 411 g/mol. The highest BCUT2D eigenvalue weighted by atomic mass is 32.1. The number of hydrogen-bond acceptors (Lipinski definition) is 4. The number of unbranched alkanes of at least 4 members (excludes halogenated alkanes) is 1. The van der Waals surface area contributed by atoms with Crippen molar-refractivity contribution in [2.24, 2.45) is 23.7 Å². The number of carbonyl (C=O) groups is 2. The van der Waals surface area contributed by atoms with Gasteiger partial charge >= 0.3 is 5.97 Å². The molecule has 4 atom stereocenters. The fourth-order valence-corrected chi connectivity index (χ4v) is 5.47. The summed E-state index contributed by atoms with van der Waals surface area (Å²) in [6.45, 7) is 4.18. The summed E-state index contributed by atoms with van der Waals surface area (Å²) in [7, 11) is 0. The minimum absolute atomic E-state index is 0.0114. The molecule has 1 amide bonds.